The van der Waals surface area contributed by atoms with Gasteiger partial charge in [-0.25, -0.2) is 0 Å². The largest absolute Gasteiger partial charge is 0.347 e. The molecule has 2 atom stereocenters. The van der Waals surface area contributed by atoms with Crippen molar-refractivity contribution in [3.63, 3.8) is 0 Å². The Kier molecular flexibility index (Phi) is 2.40. The van der Waals surface area contributed by atoms with Crippen LogP contribution in [-0.2, 0) is 37.8 Å². The minimum Gasteiger partial charge on any atom is -0.347 e. The summed E-state index contributed by atoms with van der Waals surface area (Å²) in [5, 5.41) is 2.90. The van der Waals surface area contributed by atoms with Gasteiger partial charge in [0.25, 0.3) is 0 Å². The number of fused-ring (bicyclic) bond motifs is 9. The molecular weight excluding hydrogens is 316 g/mol. The van der Waals surface area contributed by atoms with Gasteiger partial charge in [0.15, 0.2) is 0 Å². The summed E-state index contributed by atoms with van der Waals surface area (Å²) in [6.07, 6.45) is 2.26. The summed E-state index contributed by atoms with van der Waals surface area (Å²) in [4.78, 5) is 0. The monoisotopic (exact) mass is 340 g/mol. The zero-order valence-corrected chi connectivity index (χ0v) is 15.9. The van der Waals surface area contributed by atoms with Gasteiger partial charge in [-0.3, -0.25) is 0 Å². The highest BCUT2D eigenvalue weighted by molar-refractivity contribution is 5.92. The van der Waals surface area contributed by atoms with E-state index in [4.69, 9.17) is 0 Å². The van der Waals surface area contributed by atoms with Gasteiger partial charge in [-0.1, -0.05) is 50.2 Å². The van der Waals surface area contributed by atoms with E-state index >= 15 is 0 Å². The number of benzene rings is 2. The number of hydrogen-bond acceptors (Lipinski definition) is 0. The average molecular weight is 340 g/mol. The van der Waals surface area contributed by atoms with Crippen LogP contribution < -0.4 is 0 Å². The Hall–Kier alpha value is -2.48. The van der Waals surface area contributed by atoms with Crippen LogP contribution in [0.1, 0.15) is 36.4 Å². The second-order valence-corrected chi connectivity index (χ2v) is 8.81. The van der Waals surface area contributed by atoms with Crippen LogP contribution in [0.3, 0.4) is 0 Å². The highest BCUT2D eigenvalue weighted by Crippen LogP contribution is 2.63. The van der Waals surface area contributed by atoms with Gasteiger partial charge in [0.1, 0.15) is 0 Å². The Balaban J connectivity index is 1.72. The number of hydrogen-bond donors (Lipinski definition) is 0. The predicted octanol–water partition coefficient (Wildman–Crippen LogP) is 5.00. The van der Waals surface area contributed by atoms with Gasteiger partial charge >= 0.3 is 0 Å². The number of aromatic nitrogens is 2. The Morgan fingerprint density at radius 3 is 1.46 bits per heavy atom. The van der Waals surface area contributed by atoms with Crippen LogP contribution in [0.25, 0.3) is 21.8 Å². The van der Waals surface area contributed by atoms with Crippen molar-refractivity contribution in [1.82, 2.24) is 9.13 Å². The van der Waals surface area contributed by atoms with Crippen molar-refractivity contribution < 1.29 is 0 Å². The van der Waals surface area contributed by atoms with Gasteiger partial charge in [-0.05, 0) is 36.1 Å². The van der Waals surface area contributed by atoms with Crippen LogP contribution in [0.15, 0.2) is 48.5 Å². The maximum absolute atomic E-state index is 2.51. The standard InChI is InChI=1S/C24H24N2/c1-23-13-19-22(16-10-6-8-12-18(16)25(19)3)24(23,2)14-20-21(23)15-9-5-7-11-17(15)26(20)4/h5-12H,13-14H2,1-4H3/t23-,24-/m1/s1. The molecule has 2 aliphatic carbocycles. The normalized spacial score (nSPS) is 26.5. The molecule has 0 saturated heterocycles. The Bertz CT molecular complexity index is 1140. The first-order valence-electron chi connectivity index (χ1n) is 9.61. The van der Waals surface area contributed by atoms with Crippen LogP contribution in [0.4, 0.5) is 0 Å². The lowest BCUT2D eigenvalue weighted by Gasteiger charge is -2.36. The zero-order chi connectivity index (χ0) is 17.8. The van der Waals surface area contributed by atoms with Crippen LogP contribution in [0.2, 0.25) is 0 Å². The SMILES string of the molecule is Cn1c2c(c3ccccc31)[C@@]1(C)Cc3c(c4ccccc4n3C)[C@@]1(C)C2. The molecule has 2 aromatic carbocycles. The molecule has 26 heavy (non-hydrogen) atoms. The van der Waals surface area contributed by atoms with Crippen molar-refractivity contribution in [2.45, 2.75) is 37.5 Å². The molecule has 0 spiro atoms. The number of rotatable bonds is 0. The maximum atomic E-state index is 2.51. The molecule has 2 aliphatic rings. The summed E-state index contributed by atoms with van der Waals surface area (Å²) in [5.41, 5.74) is 9.34. The quantitative estimate of drug-likeness (QED) is 0.426. The first kappa shape index (κ1) is 14.7. The van der Waals surface area contributed by atoms with E-state index in [-0.39, 0.29) is 10.8 Å². The highest BCUT2D eigenvalue weighted by Gasteiger charge is 2.60. The lowest BCUT2D eigenvalue weighted by atomic mass is 9.65. The van der Waals surface area contributed by atoms with Crippen LogP contribution in [-0.4, -0.2) is 9.13 Å². The third-order valence-corrected chi connectivity index (χ3v) is 7.82. The van der Waals surface area contributed by atoms with E-state index in [0.717, 1.165) is 12.8 Å². The summed E-state index contributed by atoms with van der Waals surface area (Å²) in [6, 6.07) is 17.9. The molecule has 0 bridgehead atoms. The number of para-hydroxylation sites is 2. The summed E-state index contributed by atoms with van der Waals surface area (Å²) < 4.78 is 4.90. The molecule has 2 heterocycles. The fourth-order valence-corrected chi connectivity index (χ4v) is 6.33. The van der Waals surface area contributed by atoms with Crippen LogP contribution in [0.5, 0.6) is 0 Å². The Morgan fingerprint density at radius 2 is 1.04 bits per heavy atom. The van der Waals surface area contributed by atoms with E-state index < -0.39 is 0 Å². The molecule has 130 valence electrons. The van der Waals surface area contributed by atoms with Crippen molar-refractivity contribution in [2.75, 3.05) is 0 Å². The maximum Gasteiger partial charge on any atom is 0.0483 e. The Morgan fingerprint density at radius 1 is 0.654 bits per heavy atom. The molecule has 0 amide bonds. The van der Waals surface area contributed by atoms with E-state index in [2.05, 4.69) is 85.6 Å². The van der Waals surface area contributed by atoms with E-state index in [1.54, 1.807) is 11.1 Å². The molecule has 6 rings (SSSR count). The van der Waals surface area contributed by atoms with E-state index in [1.807, 2.05) is 0 Å². The Labute approximate surface area is 154 Å². The fraction of sp³-hybridized carbons (Fsp3) is 0.333. The second-order valence-electron chi connectivity index (χ2n) is 8.81. The minimum atomic E-state index is 0.162. The van der Waals surface area contributed by atoms with Crippen molar-refractivity contribution in [2.24, 2.45) is 14.1 Å². The molecule has 0 unspecified atom stereocenters. The molecule has 2 heteroatoms. The topological polar surface area (TPSA) is 9.86 Å². The van der Waals surface area contributed by atoms with Crippen LogP contribution >= 0.6 is 0 Å². The summed E-state index contributed by atoms with van der Waals surface area (Å²) >= 11 is 0. The van der Waals surface area contributed by atoms with Crippen molar-refractivity contribution >= 4 is 21.8 Å². The zero-order valence-electron chi connectivity index (χ0n) is 15.9. The first-order valence-corrected chi connectivity index (χ1v) is 9.61. The van der Waals surface area contributed by atoms with Gasteiger partial charge < -0.3 is 9.13 Å². The fourth-order valence-electron chi connectivity index (χ4n) is 6.33. The molecule has 0 aliphatic heterocycles. The molecule has 4 aromatic rings. The van der Waals surface area contributed by atoms with Crippen LogP contribution in [0, 0.1) is 0 Å². The molecule has 0 fully saturated rings. The van der Waals surface area contributed by atoms with Crippen molar-refractivity contribution in [1.29, 1.82) is 0 Å². The van der Waals surface area contributed by atoms with Gasteiger partial charge in [0, 0.05) is 58.1 Å². The van der Waals surface area contributed by atoms with E-state index in [0.29, 0.717) is 0 Å². The second kappa shape index (κ2) is 4.25. The molecular formula is C24H24N2. The molecule has 2 aromatic heterocycles. The third kappa shape index (κ3) is 1.33. The lowest BCUT2D eigenvalue weighted by molar-refractivity contribution is 0.311. The number of nitrogens with zero attached hydrogens (tertiary/aromatic N) is 2. The lowest BCUT2D eigenvalue weighted by Crippen LogP contribution is -2.38. The summed E-state index contributed by atoms with van der Waals surface area (Å²) in [5.74, 6) is 0. The van der Waals surface area contributed by atoms with Crippen molar-refractivity contribution in [3.05, 3.63) is 71.0 Å². The van der Waals surface area contributed by atoms with Gasteiger partial charge in [0.05, 0.1) is 0 Å². The first-order chi connectivity index (χ1) is 12.5. The summed E-state index contributed by atoms with van der Waals surface area (Å²) in [7, 11) is 4.50. The summed E-state index contributed by atoms with van der Waals surface area (Å²) in [6.45, 7) is 5.03. The van der Waals surface area contributed by atoms with Crippen molar-refractivity contribution in [3.8, 4) is 0 Å². The van der Waals surface area contributed by atoms with Gasteiger partial charge in [-0.15, -0.1) is 0 Å². The van der Waals surface area contributed by atoms with Gasteiger partial charge in [0.2, 0.25) is 0 Å². The smallest absolute Gasteiger partial charge is 0.0483 e. The highest BCUT2D eigenvalue weighted by atomic mass is 15.0. The molecule has 0 saturated carbocycles. The third-order valence-electron chi connectivity index (χ3n) is 7.82. The average Bonchev–Trinajstić information content (AvgIpc) is 3.23. The molecule has 2 nitrogen and oxygen atoms in total. The van der Waals surface area contributed by atoms with E-state index in [1.165, 1.54) is 33.2 Å². The molecule has 0 N–H and O–H groups in total. The minimum absolute atomic E-state index is 0.162. The predicted molar refractivity (Wildman–Crippen MR) is 108 cm³/mol. The molecule has 0 radical (unpaired) electrons. The van der Waals surface area contributed by atoms with E-state index in [9.17, 15) is 0 Å². The number of aryl methyl sites for hydroxylation is 2. The van der Waals surface area contributed by atoms with Gasteiger partial charge in [-0.2, -0.15) is 0 Å².